The van der Waals surface area contributed by atoms with Crippen molar-refractivity contribution in [2.75, 3.05) is 0 Å². The fourth-order valence-electron chi connectivity index (χ4n) is 2.00. The molecule has 0 unspecified atom stereocenters. The number of nitrogens with two attached hydrogens (primary N) is 1. The first-order valence-electron chi connectivity index (χ1n) is 6.67. The molecule has 0 heterocycles. The van der Waals surface area contributed by atoms with E-state index in [1.165, 1.54) is 5.56 Å². The summed E-state index contributed by atoms with van der Waals surface area (Å²) in [6.07, 6.45) is 0. The standard InChI is InChI=1S/C17H21NO/c1-12(2)15-5-7-16(8-6-15)19-17-9-4-14(11-18)10-13(17)3/h4-10,12H,11,18H2,1-3H3. The normalized spacial score (nSPS) is 10.8. The van der Waals surface area contributed by atoms with E-state index in [1.54, 1.807) is 0 Å². The molecule has 0 aromatic heterocycles. The van der Waals surface area contributed by atoms with Crippen LogP contribution in [0.2, 0.25) is 0 Å². The average molecular weight is 255 g/mol. The van der Waals surface area contributed by atoms with Crippen molar-refractivity contribution >= 4 is 0 Å². The minimum absolute atomic E-state index is 0.541. The maximum Gasteiger partial charge on any atom is 0.130 e. The molecule has 0 aliphatic carbocycles. The second kappa shape index (κ2) is 5.89. The summed E-state index contributed by atoms with van der Waals surface area (Å²) in [7, 11) is 0. The van der Waals surface area contributed by atoms with E-state index in [-0.39, 0.29) is 0 Å². The molecule has 19 heavy (non-hydrogen) atoms. The lowest BCUT2D eigenvalue weighted by atomic mass is 10.0. The van der Waals surface area contributed by atoms with Crippen LogP contribution in [-0.4, -0.2) is 0 Å². The Morgan fingerprint density at radius 2 is 1.74 bits per heavy atom. The fraction of sp³-hybridized carbons (Fsp3) is 0.294. The van der Waals surface area contributed by atoms with E-state index < -0.39 is 0 Å². The summed E-state index contributed by atoms with van der Waals surface area (Å²) in [4.78, 5) is 0. The van der Waals surface area contributed by atoms with Gasteiger partial charge in [-0.25, -0.2) is 0 Å². The number of hydrogen-bond acceptors (Lipinski definition) is 2. The molecule has 0 amide bonds. The highest BCUT2D eigenvalue weighted by atomic mass is 16.5. The maximum absolute atomic E-state index is 5.90. The first-order chi connectivity index (χ1) is 9.10. The van der Waals surface area contributed by atoms with Gasteiger partial charge in [0.1, 0.15) is 11.5 Å². The first-order valence-corrected chi connectivity index (χ1v) is 6.67. The third-order valence-corrected chi connectivity index (χ3v) is 3.25. The van der Waals surface area contributed by atoms with Gasteiger partial charge in [0.05, 0.1) is 0 Å². The zero-order chi connectivity index (χ0) is 13.8. The highest BCUT2D eigenvalue weighted by molar-refractivity contribution is 5.40. The van der Waals surface area contributed by atoms with Crippen LogP contribution in [0.4, 0.5) is 0 Å². The van der Waals surface area contributed by atoms with Gasteiger partial charge in [-0.1, -0.05) is 38.1 Å². The topological polar surface area (TPSA) is 35.2 Å². The summed E-state index contributed by atoms with van der Waals surface area (Å²) in [5.74, 6) is 2.29. The van der Waals surface area contributed by atoms with Crippen molar-refractivity contribution in [1.82, 2.24) is 0 Å². The molecule has 0 aliphatic heterocycles. The number of hydrogen-bond donors (Lipinski definition) is 1. The molecule has 0 saturated carbocycles. The Morgan fingerprint density at radius 3 is 2.26 bits per heavy atom. The van der Waals surface area contributed by atoms with Crippen LogP contribution in [0.3, 0.4) is 0 Å². The third kappa shape index (κ3) is 3.36. The van der Waals surface area contributed by atoms with Gasteiger partial charge in [-0.05, 0) is 47.7 Å². The third-order valence-electron chi connectivity index (χ3n) is 3.25. The minimum atomic E-state index is 0.541. The van der Waals surface area contributed by atoms with Crippen LogP contribution in [0, 0.1) is 6.92 Å². The van der Waals surface area contributed by atoms with Crippen molar-refractivity contribution in [3.05, 3.63) is 59.2 Å². The van der Waals surface area contributed by atoms with Crippen LogP contribution < -0.4 is 10.5 Å². The van der Waals surface area contributed by atoms with Crippen molar-refractivity contribution in [3.63, 3.8) is 0 Å². The van der Waals surface area contributed by atoms with E-state index in [0.717, 1.165) is 22.6 Å². The highest BCUT2D eigenvalue weighted by Gasteiger charge is 2.04. The first kappa shape index (κ1) is 13.6. The molecule has 0 bridgehead atoms. The smallest absolute Gasteiger partial charge is 0.130 e. The maximum atomic E-state index is 5.90. The minimum Gasteiger partial charge on any atom is -0.457 e. The van der Waals surface area contributed by atoms with E-state index in [2.05, 4.69) is 32.0 Å². The van der Waals surface area contributed by atoms with E-state index >= 15 is 0 Å². The Kier molecular flexibility index (Phi) is 4.23. The van der Waals surface area contributed by atoms with Crippen LogP contribution >= 0.6 is 0 Å². The zero-order valence-corrected chi connectivity index (χ0v) is 11.8. The van der Waals surface area contributed by atoms with Gasteiger partial charge in [-0.15, -0.1) is 0 Å². The highest BCUT2D eigenvalue weighted by Crippen LogP contribution is 2.27. The molecule has 2 aromatic rings. The SMILES string of the molecule is Cc1cc(CN)ccc1Oc1ccc(C(C)C)cc1. The summed E-state index contributed by atoms with van der Waals surface area (Å²) in [5.41, 5.74) is 9.18. The molecule has 2 N–H and O–H groups in total. The van der Waals surface area contributed by atoms with Gasteiger partial charge in [0, 0.05) is 6.54 Å². The van der Waals surface area contributed by atoms with E-state index in [4.69, 9.17) is 10.5 Å². The predicted molar refractivity (Wildman–Crippen MR) is 79.7 cm³/mol. The Labute approximate surface area is 115 Å². The Balaban J connectivity index is 2.16. The Hall–Kier alpha value is -1.80. The molecule has 0 atom stereocenters. The van der Waals surface area contributed by atoms with Crippen molar-refractivity contribution in [2.24, 2.45) is 5.73 Å². The number of rotatable bonds is 4. The quantitative estimate of drug-likeness (QED) is 0.880. The zero-order valence-electron chi connectivity index (χ0n) is 11.8. The lowest BCUT2D eigenvalue weighted by Crippen LogP contribution is -1.97. The van der Waals surface area contributed by atoms with Gasteiger partial charge in [-0.3, -0.25) is 0 Å². The Bertz CT molecular complexity index is 544. The lowest BCUT2D eigenvalue weighted by Gasteiger charge is -2.11. The second-order valence-corrected chi connectivity index (χ2v) is 5.13. The summed E-state index contributed by atoms with van der Waals surface area (Å²) < 4.78 is 5.90. The number of ether oxygens (including phenoxy) is 1. The van der Waals surface area contributed by atoms with Gasteiger partial charge < -0.3 is 10.5 Å². The van der Waals surface area contributed by atoms with Crippen LogP contribution in [-0.2, 0) is 6.54 Å². The van der Waals surface area contributed by atoms with Gasteiger partial charge in [0.15, 0.2) is 0 Å². The predicted octanol–water partition coefficient (Wildman–Crippen LogP) is 4.37. The molecule has 0 radical (unpaired) electrons. The van der Waals surface area contributed by atoms with Crippen LogP contribution in [0.1, 0.15) is 36.5 Å². The summed E-state index contributed by atoms with van der Waals surface area (Å²) >= 11 is 0. The lowest BCUT2D eigenvalue weighted by molar-refractivity contribution is 0.478. The summed E-state index contributed by atoms with van der Waals surface area (Å²) in [5, 5.41) is 0. The van der Waals surface area contributed by atoms with Crippen molar-refractivity contribution < 1.29 is 4.74 Å². The Morgan fingerprint density at radius 1 is 1.05 bits per heavy atom. The van der Waals surface area contributed by atoms with Crippen molar-refractivity contribution in [3.8, 4) is 11.5 Å². The molecule has 2 rings (SSSR count). The molecular formula is C17H21NO. The fourth-order valence-corrected chi connectivity index (χ4v) is 2.00. The van der Waals surface area contributed by atoms with Crippen molar-refractivity contribution in [2.45, 2.75) is 33.2 Å². The van der Waals surface area contributed by atoms with Crippen LogP contribution in [0.25, 0.3) is 0 Å². The van der Waals surface area contributed by atoms with Gasteiger partial charge in [0.2, 0.25) is 0 Å². The van der Waals surface area contributed by atoms with Gasteiger partial charge >= 0.3 is 0 Å². The van der Waals surface area contributed by atoms with Gasteiger partial charge in [0.25, 0.3) is 0 Å². The van der Waals surface area contributed by atoms with E-state index in [9.17, 15) is 0 Å². The molecule has 0 fully saturated rings. The molecule has 2 aromatic carbocycles. The number of benzene rings is 2. The molecule has 2 heteroatoms. The molecule has 100 valence electrons. The van der Waals surface area contributed by atoms with Crippen LogP contribution in [0.5, 0.6) is 11.5 Å². The molecular weight excluding hydrogens is 234 g/mol. The van der Waals surface area contributed by atoms with Crippen molar-refractivity contribution in [1.29, 1.82) is 0 Å². The van der Waals surface area contributed by atoms with Gasteiger partial charge in [-0.2, -0.15) is 0 Å². The molecule has 0 aliphatic rings. The largest absolute Gasteiger partial charge is 0.457 e. The molecule has 0 spiro atoms. The van der Waals surface area contributed by atoms with E-state index in [1.807, 2.05) is 31.2 Å². The monoisotopic (exact) mass is 255 g/mol. The molecule has 0 saturated heterocycles. The second-order valence-electron chi connectivity index (χ2n) is 5.13. The number of aryl methyl sites for hydroxylation is 1. The summed E-state index contributed by atoms with van der Waals surface area (Å²) in [6, 6.07) is 14.3. The molecule has 2 nitrogen and oxygen atoms in total. The average Bonchev–Trinajstić information content (AvgIpc) is 2.41. The van der Waals surface area contributed by atoms with E-state index in [0.29, 0.717) is 12.5 Å². The summed E-state index contributed by atoms with van der Waals surface area (Å²) in [6.45, 7) is 6.97. The van der Waals surface area contributed by atoms with Crippen LogP contribution in [0.15, 0.2) is 42.5 Å².